The number of carbonyl (C=O) groups is 1. The van der Waals surface area contributed by atoms with E-state index in [0.717, 1.165) is 0 Å². The summed E-state index contributed by atoms with van der Waals surface area (Å²) in [5.41, 5.74) is -0.144. The van der Waals surface area contributed by atoms with E-state index in [0.29, 0.717) is 31.4 Å². The SMILES string of the molecule is O=C(C#Cc1ccn[nH]1)Nc1cc(-c2ncc(C(F)(F)F)[nH]2)ccc1OCCC1CNCCS1(O)O. The van der Waals surface area contributed by atoms with Gasteiger partial charge in [0.2, 0.25) is 0 Å². The molecule has 2 aromatic heterocycles. The number of alkyl halides is 3. The van der Waals surface area contributed by atoms with Gasteiger partial charge in [-0.1, -0.05) is 0 Å². The Morgan fingerprint density at radius 1 is 1.31 bits per heavy atom. The van der Waals surface area contributed by atoms with Crippen LogP contribution in [-0.4, -0.2) is 65.9 Å². The molecule has 10 nitrogen and oxygen atoms in total. The van der Waals surface area contributed by atoms with Gasteiger partial charge in [0.25, 0.3) is 0 Å². The van der Waals surface area contributed by atoms with E-state index in [2.05, 4.69) is 42.6 Å². The Morgan fingerprint density at radius 2 is 2.14 bits per heavy atom. The number of amides is 1. The van der Waals surface area contributed by atoms with Crippen LogP contribution in [0.15, 0.2) is 36.7 Å². The lowest BCUT2D eigenvalue weighted by molar-refractivity contribution is -0.140. The summed E-state index contributed by atoms with van der Waals surface area (Å²) in [6.07, 6.45) is -2.08. The quantitative estimate of drug-likeness (QED) is 0.271. The number of ether oxygens (including phenoxy) is 1. The Bertz CT molecular complexity index is 1270. The highest BCUT2D eigenvalue weighted by Gasteiger charge is 2.33. The molecule has 1 aliphatic heterocycles. The summed E-state index contributed by atoms with van der Waals surface area (Å²) < 4.78 is 65.2. The van der Waals surface area contributed by atoms with E-state index in [9.17, 15) is 27.1 Å². The van der Waals surface area contributed by atoms with Gasteiger partial charge in [0.15, 0.2) is 0 Å². The number of anilines is 1. The van der Waals surface area contributed by atoms with E-state index in [1.54, 1.807) is 6.07 Å². The van der Waals surface area contributed by atoms with Crippen LogP contribution in [0.5, 0.6) is 5.75 Å². The van der Waals surface area contributed by atoms with Crippen LogP contribution < -0.4 is 15.4 Å². The molecule has 14 heteroatoms. The van der Waals surface area contributed by atoms with E-state index < -0.39 is 28.4 Å². The largest absolute Gasteiger partial charge is 0.491 e. The highest BCUT2D eigenvalue weighted by atomic mass is 32.3. The van der Waals surface area contributed by atoms with Crippen LogP contribution in [0.4, 0.5) is 18.9 Å². The molecule has 1 saturated heterocycles. The lowest BCUT2D eigenvalue weighted by Gasteiger charge is -2.43. The lowest BCUT2D eigenvalue weighted by atomic mass is 10.1. The molecule has 6 N–H and O–H groups in total. The van der Waals surface area contributed by atoms with Gasteiger partial charge < -0.3 is 20.4 Å². The van der Waals surface area contributed by atoms with Crippen molar-refractivity contribution >= 4 is 22.2 Å². The zero-order chi connectivity index (χ0) is 25.8. The molecule has 0 bridgehead atoms. The van der Waals surface area contributed by atoms with Crippen molar-refractivity contribution in [1.82, 2.24) is 25.5 Å². The first-order valence-corrected chi connectivity index (χ1v) is 12.6. The number of nitrogens with one attached hydrogen (secondary N) is 4. The van der Waals surface area contributed by atoms with Gasteiger partial charge in [-0.25, -0.2) is 4.98 Å². The van der Waals surface area contributed by atoms with Crippen LogP contribution in [0.3, 0.4) is 0 Å². The summed E-state index contributed by atoms with van der Waals surface area (Å²) in [5.74, 6) is 4.76. The molecule has 0 radical (unpaired) electrons. The molecule has 3 heterocycles. The van der Waals surface area contributed by atoms with Crippen molar-refractivity contribution in [2.75, 3.05) is 30.8 Å². The maximum Gasteiger partial charge on any atom is 0.432 e. The Kier molecular flexibility index (Phi) is 7.55. The molecule has 0 saturated carbocycles. The van der Waals surface area contributed by atoms with Crippen LogP contribution >= 0.6 is 10.6 Å². The third-order valence-electron chi connectivity index (χ3n) is 5.38. The third-order valence-corrected chi connectivity index (χ3v) is 7.65. The molecule has 1 amide bonds. The van der Waals surface area contributed by atoms with Gasteiger partial charge in [0.05, 0.1) is 29.5 Å². The Hall–Kier alpha value is -3.51. The van der Waals surface area contributed by atoms with E-state index in [1.807, 2.05) is 0 Å². The number of carbonyl (C=O) groups excluding carboxylic acids is 1. The first kappa shape index (κ1) is 25.6. The molecule has 36 heavy (non-hydrogen) atoms. The predicted molar refractivity (Wildman–Crippen MR) is 128 cm³/mol. The van der Waals surface area contributed by atoms with Crippen LogP contribution in [0.25, 0.3) is 11.4 Å². The number of halogens is 3. The van der Waals surface area contributed by atoms with Crippen molar-refractivity contribution in [3.63, 3.8) is 0 Å². The number of aromatic nitrogens is 4. The summed E-state index contributed by atoms with van der Waals surface area (Å²) in [6, 6.07) is 5.98. The fraction of sp³-hybridized carbons (Fsp3) is 0.318. The lowest BCUT2D eigenvalue weighted by Crippen LogP contribution is -2.41. The summed E-state index contributed by atoms with van der Waals surface area (Å²) in [7, 11) is -2.73. The van der Waals surface area contributed by atoms with E-state index in [4.69, 9.17) is 4.74 Å². The molecule has 4 rings (SSSR count). The average molecular weight is 525 g/mol. The second kappa shape index (κ2) is 10.6. The fourth-order valence-corrected chi connectivity index (χ4v) is 5.13. The molecule has 1 fully saturated rings. The number of rotatable bonds is 6. The van der Waals surface area contributed by atoms with Gasteiger partial charge in [0, 0.05) is 37.2 Å². The summed E-state index contributed by atoms with van der Waals surface area (Å²) in [4.78, 5) is 18.4. The monoisotopic (exact) mass is 524 g/mol. The number of hydrogen-bond acceptors (Lipinski definition) is 7. The molecule has 192 valence electrons. The maximum absolute atomic E-state index is 13.0. The Balaban J connectivity index is 1.54. The zero-order valence-corrected chi connectivity index (χ0v) is 19.5. The maximum atomic E-state index is 13.0. The van der Waals surface area contributed by atoms with E-state index in [-0.39, 0.29) is 40.4 Å². The summed E-state index contributed by atoms with van der Waals surface area (Å²) in [5, 5.41) is 11.7. The van der Waals surface area contributed by atoms with Crippen molar-refractivity contribution in [1.29, 1.82) is 0 Å². The van der Waals surface area contributed by atoms with E-state index in [1.165, 1.54) is 24.4 Å². The second-order valence-corrected chi connectivity index (χ2v) is 10.4. The van der Waals surface area contributed by atoms with Crippen LogP contribution in [0, 0.1) is 11.8 Å². The molecule has 1 atom stereocenters. The van der Waals surface area contributed by atoms with Crippen molar-refractivity contribution in [3.05, 3.63) is 48.0 Å². The second-order valence-electron chi connectivity index (χ2n) is 7.91. The van der Waals surface area contributed by atoms with Crippen LogP contribution in [0.2, 0.25) is 0 Å². The number of imidazole rings is 1. The number of nitrogens with zero attached hydrogens (tertiary/aromatic N) is 2. The predicted octanol–water partition coefficient (Wildman–Crippen LogP) is 3.30. The van der Waals surface area contributed by atoms with Crippen molar-refractivity contribution in [2.45, 2.75) is 17.8 Å². The van der Waals surface area contributed by atoms with Gasteiger partial charge in [-0.2, -0.15) is 28.9 Å². The first-order valence-electron chi connectivity index (χ1n) is 10.8. The summed E-state index contributed by atoms with van der Waals surface area (Å²) in [6.45, 7) is 1.08. The van der Waals surface area contributed by atoms with Gasteiger partial charge in [-0.3, -0.25) is 19.0 Å². The molecule has 1 aliphatic rings. The van der Waals surface area contributed by atoms with E-state index >= 15 is 0 Å². The van der Waals surface area contributed by atoms with Crippen molar-refractivity contribution < 1.29 is 31.8 Å². The highest BCUT2D eigenvalue weighted by molar-refractivity contribution is 8.24. The van der Waals surface area contributed by atoms with Crippen molar-refractivity contribution in [2.24, 2.45) is 0 Å². The minimum absolute atomic E-state index is 0.0462. The van der Waals surface area contributed by atoms with Gasteiger partial charge in [-0.05, 0) is 30.2 Å². The summed E-state index contributed by atoms with van der Waals surface area (Å²) >= 11 is 0. The number of aromatic amines is 2. The van der Waals surface area contributed by atoms with Crippen LogP contribution in [0.1, 0.15) is 17.8 Å². The van der Waals surface area contributed by atoms with Gasteiger partial charge >= 0.3 is 12.1 Å². The smallest absolute Gasteiger partial charge is 0.432 e. The molecular formula is C22H23F3N6O4S. The average Bonchev–Trinajstić information content (AvgIpc) is 3.52. The molecular weight excluding hydrogens is 501 g/mol. The highest BCUT2D eigenvalue weighted by Crippen LogP contribution is 2.46. The van der Waals surface area contributed by atoms with Crippen molar-refractivity contribution in [3.8, 4) is 29.0 Å². The minimum Gasteiger partial charge on any atom is -0.491 e. The number of benzene rings is 1. The third kappa shape index (κ3) is 6.38. The first-order chi connectivity index (χ1) is 17.1. The topological polar surface area (TPSA) is 148 Å². The molecule has 1 aromatic carbocycles. The molecule has 3 aromatic rings. The fourth-order valence-electron chi connectivity index (χ4n) is 3.49. The zero-order valence-electron chi connectivity index (χ0n) is 18.7. The van der Waals surface area contributed by atoms with Gasteiger partial charge in [0.1, 0.15) is 23.0 Å². The molecule has 1 unspecified atom stereocenters. The molecule has 0 aliphatic carbocycles. The normalized spacial score (nSPS) is 18.1. The Labute approximate surface area is 205 Å². The van der Waals surface area contributed by atoms with Gasteiger partial charge in [-0.15, -0.1) is 0 Å². The minimum atomic E-state index is -4.59. The number of hydrogen-bond donors (Lipinski definition) is 6. The number of H-pyrrole nitrogens is 2. The Morgan fingerprint density at radius 3 is 2.83 bits per heavy atom. The van der Waals surface area contributed by atoms with Crippen LogP contribution in [-0.2, 0) is 11.0 Å². The molecule has 0 spiro atoms. The standard InChI is InChI=1S/C22H23F3N6O4S/c23-22(24,25)19-13-27-21(30-19)14-1-3-18(35-9-6-16-12-26-8-10-36(16,33)34)17(11-14)29-20(32)4-2-15-5-7-28-31-15/h1,3,5,7,11,13,16,26,33-34H,6,8-10,12H2,(H,27,30)(H,28,31)(H,29,32).